The number of carbonyl (C=O) groups excluding carboxylic acids is 1. The number of rotatable bonds is 5. The van der Waals surface area contributed by atoms with Crippen molar-refractivity contribution in [2.45, 2.75) is 45.1 Å². The van der Waals surface area contributed by atoms with Crippen molar-refractivity contribution in [2.75, 3.05) is 26.2 Å². The minimum absolute atomic E-state index is 0.102. The van der Waals surface area contributed by atoms with Crippen molar-refractivity contribution in [3.05, 3.63) is 35.7 Å². The molecular weight excluding hydrogens is 425 g/mol. The van der Waals surface area contributed by atoms with Crippen molar-refractivity contribution < 1.29 is 22.5 Å². The lowest BCUT2D eigenvalue weighted by Gasteiger charge is -2.35. The SMILES string of the molecule is CC(C)C1CC(C(=O)N2CCN(Cc3nc(-c4cccc(C(F)(F)F)c4)no3)CC2)NN1. The fourth-order valence-electron chi connectivity index (χ4n) is 3.99. The molecule has 4 rings (SSSR count). The zero-order chi connectivity index (χ0) is 22.9. The fourth-order valence-corrected chi connectivity index (χ4v) is 3.99. The summed E-state index contributed by atoms with van der Waals surface area (Å²) < 4.78 is 44.1. The molecule has 2 unspecified atom stereocenters. The van der Waals surface area contributed by atoms with Gasteiger partial charge < -0.3 is 9.42 Å². The molecule has 2 fully saturated rings. The maximum absolute atomic E-state index is 12.9. The summed E-state index contributed by atoms with van der Waals surface area (Å²) in [4.78, 5) is 21.0. The highest BCUT2D eigenvalue weighted by Crippen LogP contribution is 2.31. The van der Waals surface area contributed by atoms with Crippen LogP contribution in [0.4, 0.5) is 13.2 Å². The third-order valence-electron chi connectivity index (χ3n) is 5.99. The van der Waals surface area contributed by atoms with Gasteiger partial charge in [-0.1, -0.05) is 31.1 Å². The van der Waals surface area contributed by atoms with E-state index in [1.807, 2.05) is 4.90 Å². The van der Waals surface area contributed by atoms with E-state index in [1.54, 1.807) is 0 Å². The number of nitrogens with one attached hydrogen (secondary N) is 2. The first-order valence-electron chi connectivity index (χ1n) is 10.7. The largest absolute Gasteiger partial charge is 0.416 e. The van der Waals surface area contributed by atoms with E-state index in [4.69, 9.17) is 4.52 Å². The zero-order valence-electron chi connectivity index (χ0n) is 18.0. The number of hydrogen-bond donors (Lipinski definition) is 2. The number of nitrogens with zero attached hydrogens (tertiary/aromatic N) is 4. The van der Waals surface area contributed by atoms with Crippen LogP contribution in [0.15, 0.2) is 28.8 Å². The van der Waals surface area contributed by atoms with E-state index in [-0.39, 0.29) is 29.4 Å². The third-order valence-corrected chi connectivity index (χ3v) is 5.99. The van der Waals surface area contributed by atoms with E-state index in [2.05, 4.69) is 39.7 Å². The van der Waals surface area contributed by atoms with Crippen LogP contribution in [0.2, 0.25) is 0 Å². The van der Waals surface area contributed by atoms with Crippen molar-refractivity contribution in [3.8, 4) is 11.4 Å². The van der Waals surface area contributed by atoms with E-state index in [0.29, 0.717) is 44.5 Å². The molecular formula is C21H27F3N6O2. The summed E-state index contributed by atoms with van der Waals surface area (Å²) in [6.07, 6.45) is -3.66. The molecule has 174 valence electrons. The summed E-state index contributed by atoms with van der Waals surface area (Å²) in [5.74, 6) is 1.01. The lowest BCUT2D eigenvalue weighted by Crippen LogP contribution is -2.53. The first-order chi connectivity index (χ1) is 15.2. The van der Waals surface area contributed by atoms with Gasteiger partial charge >= 0.3 is 6.18 Å². The average molecular weight is 452 g/mol. The number of amides is 1. The van der Waals surface area contributed by atoms with Crippen LogP contribution in [0.1, 0.15) is 31.7 Å². The summed E-state index contributed by atoms with van der Waals surface area (Å²) in [5, 5.41) is 3.83. The Morgan fingerprint density at radius 3 is 2.62 bits per heavy atom. The third kappa shape index (κ3) is 5.11. The number of halogens is 3. The smallest absolute Gasteiger partial charge is 0.339 e. The van der Waals surface area contributed by atoms with Crippen molar-refractivity contribution in [1.29, 1.82) is 0 Å². The minimum Gasteiger partial charge on any atom is -0.339 e. The standard InChI is InChI=1S/C21H27F3N6O2/c1-13(2)16-11-17(27-26-16)20(31)30-8-6-29(7-9-30)12-18-25-19(28-32-18)14-4-3-5-15(10-14)21(22,23)24/h3-5,10,13,16-17,26-27H,6-9,11-12H2,1-2H3. The van der Waals surface area contributed by atoms with Crippen LogP contribution in [0.3, 0.4) is 0 Å². The molecule has 2 saturated heterocycles. The van der Waals surface area contributed by atoms with E-state index in [1.165, 1.54) is 12.1 Å². The van der Waals surface area contributed by atoms with Crippen LogP contribution >= 0.6 is 0 Å². The normalized spacial score (nSPS) is 22.6. The van der Waals surface area contributed by atoms with Crippen molar-refractivity contribution in [3.63, 3.8) is 0 Å². The molecule has 32 heavy (non-hydrogen) atoms. The molecule has 0 radical (unpaired) electrons. The maximum atomic E-state index is 12.9. The molecule has 0 spiro atoms. The second kappa shape index (κ2) is 9.16. The van der Waals surface area contributed by atoms with Gasteiger partial charge in [0.1, 0.15) is 6.04 Å². The predicted octanol–water partition coefficient (Wildman–Crippen LogP) is 2.29. The summed E-state index contributed by atoms with van der Waals surface area (Å²) in [7, 11) is 0. The number of benzene rings is 1. The molecule has 3 heterocycles. The van der Waals surface area contributed by atoms with Gasteiger partial charge in [-0.3, -0.25) is 15.1 Å². The molecule has 2 N–H and O–H groups in total. The molecule has 0 saturated carbocycles. The summed E-state index contributed by atoms with van der Waals surface area (Å²) in [5.41, 5.74) is 5.80. The molecule has 8 nitrogen and oxygen atoms in total. The van der Waals surface area contributed by atoms with Crippen LogP contribution in [0.25, 0.3) is 11.4 Å². The number of piperazine rings is 1. The molecule has 2 aliphatic heterocycles. The molecule has 2 atom stereocenters. The molecule has 1 aromatic heterocycles. The first kappa shape index (κ1) is 22.7. The maximum Gasteiger partial charge on any atom is 0.416 e. The predicted molar refractivity (Wildman–Crippen MR) is 110 cm³/mol. The van der Waals surface area contributed by atoms with Gasteiger partial charge in [-0.2, -0.15) is 18.2 Å². The van der Waals surface area contributed by atoms with Gasteiger partial charge in [0.15, 0.2) is 0 Å². The van der Waals surface area contributed by atoms with Gasteiger partial charge in [0, 0.05) is 37.8 Å². The number of hydrogen-bond acceptors (Lipinski definition) is 7. The van der Waals surface area contributed by atoms with Crippen LogP contribution in [0, 0.1) is 5.92 Å². The first-order valence-corrected chi connectivity index (χ1v) is 10.7. The Balaban J connectivity index is 1.30. The van der Waals surface area contributed by atoms with Gasteiger partial charge in [-0.15, -0.1) is 0 Å². The highest BCUT2D eigenvalue weighted by atomic mass is 19.4. The molecule has 1 aromatic carbocycles. The minimum atomic E-state index is -4.43. The van der Waals surface area contributed by atoms with Crippen LogP contribution in [-0.4, -0.2) is 64.1 Å². The Morgan fingerprint density at radius 1 is 1.22 bits per heavy atom. The fraction of sp³-hybridized carbons (Fsp3) is 0.571. The van der Waals surface area contributed by atoms with Gasteiger partial charge in [0.25, 0.3) is 0 Å². The van der Waals surface area contributed by atoms with Gasteiger partial charge in [0.2, 0.25) is 17.6 Å². The molecule has 2 aromatic rings. The number of aromatic nitrogens is 2. The topological polar surface area (TPSA) is 86.5 Å². The number of alkyl halides is 3. The molecule has 11 heteroatoms. The lowest BCUT2D eigenvalue weighted by molar-refractivity contribution is -0.137. The molecule has 0 aliphatic carbocycles. The van der Waals surface area contributed by atoms with E-state index < -0.39 is 11.7 Å². The number of carbonyl (C=O) groups is 1. The highest BCUT2D eigenvalue weighted by Gasteiger charge is 2.35. The van der Waals surface area contributed by atoms with Gasteiger partial charge in [-0.05, 0) is 24.5 Å². The Labute approximate surface area is 184 Å². The van der Waals surface area contributed by atoms with E-state index in [0.717, 1.165) is 18.6 Å². The Kier molecular flexibility index (Phi) is 6.50. The Bertz CT molecular complexity index is 940. The van der Waals surface area contributed by atoms with Crippen molar-refractivity contribution in [1.82, 2.24) is 30.8 Å². The summed E-state index contributed by atoms with van der Waals surface area (Å²) in [6, 6.07) is 4.93. The molecule has 2 aliphatic rings. The van der Waals surface area contributed by atoms with Crippen LogP contribution in [0.5, 0.6) is 0 Å². The van der Waals surface area contributed by atoms with Crippen molar-refractivity contribution in [2.24, 2.45) is 5.92 Å². The monoisotopic (exact) mass is 452 g/mol. The zero-order valence-corrected chi connectivity index (χ0v) is 18.0. The Morgan fingerprint density at radius 2 is 1.97 bits per heavy atom. The van der Waals surface area contributed by atoms with E-state index >= 15 is 0 Å². The van der Waals surface area contributed by atoms with Crippen molar-refractivity contribution >= 4 is 5.91 Å². The average Bonchev–Trinajstić information content (AvgIpc) is 3.43. The quantitative estimate of drug-likeness (QED) is 0.720. The van der Waals surface area contributed by atoms with Crippen LogP contribution < -0.4 is 10.9 Å². The second-order valence-corrected chi connectivity index (χ2v) is 8.62. The number of hydrazine groups is 1. The molecule has 1 amide bonds. The van der Waals surface area contributed by atoms with Gasteiger partial charge in [-0.25, -0.2) is 5.43 Å². The lowest BCUT2D eigenvalue weighted by atomic mass is 9.99. The Hall–Kier alpha value is -2.50. The summed E-state index contributed by atoms with van der Waals surface area (Å²) in [6.45, 7) is 7.13. The van der Waals surface area contributed by atoms with Gasteiger partial charge in [0.05, 0.1) is 12.1 Å². The molecule has 0 bridgehead atoms. The van der Waals surface area contributed by atoms with E-state index in [9.17, 15) is 18.0 Å². The highest BCUT2D eigenvalue weighted by molar-refractivity contribution is 5.82. The second-order valence-electron chi connectivity index (χ2n) is 8.62. The summed E-state index contributed by atoms with van der Waals surface area (Å²) >= 11 is 0. The van der Waals surface area contributed by atoms with Crippen LogP contribution in [-0.2, 0) is 17.5 Å².